The lowest BCUT2D eigenvalue weighted by Crippen LogP contribution is -2.21. The van der Waals surface area contributed by atoms with Crippen molar-refractivity contribution in [3.8, 4) is 17.3 Å². The molecular weight excluding hydrogens is 548 g/mol. The first-order valence-corrected chi connectivity index (χ1v) is 13.7. The molecule has 12 nitrogen and oxygen atoms in total. The van der Waals surface area contributed by atoms with Gasteiger partial charge in [0, 0.05) is 22.5 Å². The number of H-pyrrole nitrogens is 1. The molecule has 5 aromatic rings. The number of pyridine rings is 1. The highest BCUT2D eigenvalue weighted by atomic mass is 32.2. The molecule has 0 saturated heterocycles. The van der Waals surface area contributed by atoms with E-state index < -0.39 is 21.5 Å². The Kier molecular flexibility index (Phi) is 7.27. The molecule has 3 aromatic carbocycles. The zero-order chi connectivity index (χ0) is 29.1. The normalized spacial score (nSPS) is 11.6. The SMILES string of the molecule is COc1ccccc1NS(=O)(=O)c1cccc(-n2c(O)c(/C=N/Nc3nc(C)cc(=O)[nH]3)c3ccccc3c2=O)c1. The predicted octanol–water partition coefficient (Wildman–Crippen LogP) is 3.34. The zero-order valence-corrected chi connectivity index (χ0v) is 22.6. The van der Waals surface area contributed by atoms with E-state index in [0.717, 1.165) is 4.57 Å². The Morgan fingerprint density at radius 2 is 1.73 bits per heavy atom. The molecule has 208 valence electrons. The largest absolute Gasteiger partial charge is 0.495 e. The second-order valence-corrected chi connectivity index (χ2v) is 10.5. The number of fused-ring (bicyclic) bond motifs is 1. The van der Waals surface area contributed by atoms with Gasteiger partial charge in [-0.15, -0.1) is 0 Å². The van der Waals surface area contributed by atoms with Crippen molar-refractivity contribution in [1.82, 2.24) is 14.5 Å². The van der Waals surface area contributed by atoms with Crippen LogP contribution in [0.2, 0.25) is 0 Å². The fraction of sp³-hybridized carbons (Fsp3) is 0.0714. The summed E-state index contributed by atoms with van der Waals surface area (Å²) in [5, 5.41) is 16.0. The van der Waals surface area contributed by atoms with E-state index in [1.807, 2.05) is 0 Å². The highest BCUT2D eigenvalue weighted by Gasteiger charge is 2.20. The summed E-state index contributed by atoms with van der Waals surface area (Å²) >= 11 is 0. The molecule has 0 saturated carbocycles. The number of anilines is 2. The lowest BCUT2D eigenvalue weighted by molar-refractivity contribution is 0.417. The molecule has 41 heavy (non-hydrogen) atoms. The number of aromatic amines is 1. The summed E-state index contributed by atoms with van der Waals surface area (Å²) in [6, 6.07) is 20.1. The molecule has 4 N–H and O–H groups in total. The van der Waals surface area contributed by atoms with E-state index in [1.165, 1.54) is 43.7 Å². The number of para-hydroxylation sites is 2. The predicted molar refractivity (Wildman–Crippen MR) is 156 cm³/mol. The fourth-order valence-electron chi connectivity index (χ4n) is 4.24. The van der Waals surface area contributed by atoms with Crippen molar-refractivity contribution < 1.29 is 18.3 Å². The number of aryl methyl sites for hydroxylation is 1. The Morgan fingerprint density at radius 1 is 1.00 bits per heavy atom. The van der Waals surface area contributed by atoms with Crippen molar-refractivity contribution in [1.29, 1.82) is 0 Å². The molecule has 2 heterocycles. The number of methoxy groups -OCH3 is 1. The van der Waals surface area contributed by atoms with Gasteiger partial charge in [-0.3, -0.25) is 19.3 Å². The maximum absolute atomic E-state index is 13.5. The van der Waals surface area contributed by atoms with E-state index in [2.05, 4.69) is 25.2 Å². The summed E-state index contributed by atoms with van der Waals surface area (Å²) < 4.78 is 35.2. The van der Waals surface area contributed by atoms with Crippen molar-refractivity contribution in [2.45, 2.75) is 11.8 Å². The standard InChI is InChI=1S/C28H24N6O6S/c1-17-14-25(35)31-28(30-17)32-29-16-22-20-10-3-4-11-21(20)26(36)34(27(22)37)18-8-7-9-19(15-18)41(38,39)33-23-12-5-6-13-24(23)40-2/h3-16,33,37H,1-2H3,(H2,30,31,32,35)/b29-16+. The Morgan fingerprint density at radius 3 is 2.49 bits per heavy atom. The van der Waals surface area contributed by atoms with Gasteiger partial charge in [0.05, 0.1) is 35.2 Å². The van der Waals surface area contributed by atoms with Gasteiger partial charge in [-0.2, -0.15) is 5.10 Å². The number of sulfonamides is 1. The summed E-state index contributed by atoms with van der Waals surface area (Å²) in [4.78, 5) is 31.7. The molecular formula is C28H24N6O6S. The third kappa shape index (κ3) is 5.51. The van der Waals surface area contributed by atoms with E-state index in [0.29, 0.717) is 16.8 Å². The van der Waals surface area contributed by atoms with Crippen LogP contribution in [0.5, 0.6) is 11.6 Å². The molecule has 0 aliphatic heterocycles. The quantitative estimate of drug-likeness (QED) is 0.162. The summed E-state index contributed by atoms with van der Waals surface area (Å²) in [5.41, 5.74) is 2.66. The van der Waals surface area contributed by atoms with Gasteiger partial charge in [-0.05, 0) is 43.3 Å². The Hall–Kier alpha value is -5.43. The van der Waals surface area contributed by atoms with Crippen LogP contribution in [0.4, 0.5) is 11.6 Å². The highest BCUT2D eigenvalue weighted by Crippen LogP contribution is 2.29. The molecule has 0 bridgehead atoms. The molecule has 0 amide bonds. The van der Waals surface area contributed by atoms with Crippen LogP contribution in [-0.4, -0.2) is 41.4 Å². The maximum Gasteiger partial charge on any atom is 0.265 e. The van der Waals surface area contributed by atoms with E-state index >= 15 is 0 Å². The first-order chi connectivity index (χ1) is 19.7. The van der Waals surface area contributed by atoms with Gasteiger partial charge in [0.25, 0.3) is 21.1 Å². The molecule has 0 aliphatic rings. The van der Waals surface area contributed by atoms with Gasteiger partial charge in [0.1, 0.15) is 5.75 Å². The molecule has 0 atom stereocenters. The van der Waals surface area contributed by atoms with E-state index in [9.17, 15) is 23.1 Å². The van der Waals surface area contributed by atoms with Crippen molar-refractivity contribution in [3.63, 3.8) is 0 Å². The first kappa shape index (κ1) is 27.1. The van der Waals surface area contributed by atoms with Gasteiger partial charge >= 0.3 is 0 Å². The first-order valence-electron chi connectivity index (χ1n) is 12.2. The number of nitrogens with one attached hydrogen (secondary N) is 3. The fourth-order valence-corrected chi connectivity index (χ4v) is 5.35. The van der Waals surface area contributed by atoms with E-state index in [-0.39, 0.29) is 38.7 Å². The number of aromatic nitrogens is 3. The third-order valence-corrected chi connectivity index (χ3v) is 7.44. The minimum absolute atomic E-state index is 0.0869. The third-order valence-electron chi connectivity index (χ3n) is 6.07. The van der Waals surface area contributed by atoms with E-state index in [1.54, 1.807) is 55.5 Å². The Balaban J connectivity index is 1.59. The number of benzene rings is 3. The molecule has 0 unspecified atom stereocenters. The minimum Gasteiger partial charge on any atom is -0.495 e. The number of nitrogens with zero attached hydrogens (tertiary/aromatic N) is 3. The highest BCUT2D eigenvalue weighted by molar-refractivity contribution is 7.92. The molecule has 0 aliphatic carbocycles. The van der Waals surface area contributed by atoms with Crippen LogP contribution < -0.4 is 26.0 Å². The van der Waals surface area contributed by atoms with Crippen LogP contribution in [0, 0.1) is 6.92 Å². The lowest BCUT2D eigenvalue weighted by Gasteiger charge is -2.15. The molecule has 0 fully saturated rings. The summed E-state index contributed by atoms with van der Waals surface area (Å²) in [5.74, 6) is -0.0564. The topological polar surface area (TPSA) is 168 Å². The van der Waals surface area contributed by atoms with Crippen LogP contribution >= 0.6 is 0 Å². The average Bonchev–Trinajstić information content (AvgIpc) is 2.95. The summed E-state index contributed by atoms with van der Waals surface area (Å²) in [6.45, 7) is 1.65. The van der Waals surface area contributed by atoms with Crippen molar-refractivity contribution >= 4 is 38.6 Å². The van der Waals surface area contributed by atoms with Gasteiger partial charge in [-0.25, -0.2) is 23.4 Å². The van der Waals surface area contributed by atoms with Gasteiger partial charge in [0.2, 0.25) is 11.8 Å². The van der Waals surface area contributed by atoms with Crippen molar-refractivity contribution in [3.05, 3.63) is 111 Å². The number of hydrogen-bond acceptors (Lipinski definition) is 9. The summed E-state index contributed by atoms with van der Waals surface area (Å²) in [6.07, 6.45) is 1.28. The van der Waals surface area contributed by atoms with Crippen LogP contribution in [0.1, 0.15) is 11.3 Å². The van der Waals surface area contributed by atoms with Crippen molar-refractivity contribution in [2.75, 3.05) is 17.3 Å². The van der Waals surface area contributed by atoms with Crippen LogP contribution in [-0.2, 0) is 10.0 Å². The van der Waals surface area contributed by atoms with Crippen molar-refractivity contribution in [2.24, 2.45) is 5.10 Å². The van der Waals surface area contributed by atoms with Crippen LogP contribution in [0.3, 0.4) is 0 Å². The van der Waals surface area contributed by atoms with Crippen LogP contribution in [0.15, 0.2) is 98.4 Å². The number of rotatable bonds is 8. The van der Waals surface area contributed by atoms with Gasteiger partial charge in [-0.1, -0.05) is 36.4 Å². The Bertz CT molecular complexity index is 2030. The maximum atomic E-state index is 13.5. The number of hydrazone groups is 1. The van der Waals surface area contributed by atoms with Crippen LogP contribution in [0.25, 0.3) is 16.5 Å². The summed E-state index contributed by atoms with van der Waals surface area (Å²) in [7, 11) is -2.68. The number of ether oxygens (including phenoxy) is 1. The molecule has 0 radical (unpaired) electrons. The number of hydrogen-bond donors (Lipinski definition) is 4. The molecule has 5 rings (SSSR count). The second-order valence-electron chi connectivity index (χ2n) is 8.83. The average molecular weight is 573 g/mol. The smallest absolute Gasteiger partial charge is 0.265 e. The number of aromatic hydroxyl groups is 1. The zero-order valence-electron chi connectivity index (χ0n) is 21.8. The Labute approximate surface area is 233 Å². The van der Waals surface area contributed by atoms with E-state index in [4.69, 9.17) is 4.74 Å². The van der Waals surface area contributed by atoms with Gasteiger partial charge < -0.3 is 9.84 Å². The molecule has 0 spiro atoms. The minimum atomic E-state index is -4.11. The van der Waals surface area contributed by atoms with Gasteiger partial charge in [0.15, 0.2) is 0 Å². The monoisotopic (exact) mass is 572 g/mol. The molecule has 2 aromatic heterocycles. The molecule has 13 heteroatoms. The second kappa shape index (κ2) is 11.0. The lowest BCUT2D eigenvalue weighted by atomic mass is 10.1.